The topological polar surface area (TPSA) is 175 Å². The number of rotatable bonds is 13. The molecule has 1 aliphatic heterocycles. The maximum atomic E-state index is 14.8. The molecule has 0 unspecified atom stereocenters. The van der Waals surface area contributed by atoms with Crippen molar-refractivity contribution in [3.63, 3.8) is 0 Å². The molecule has 3 heterocycles. The SMILES string of the molecule is [C-]#[N+]C1(N(Cc2ccc(OC)cc2)S(=O)(=O)c2cc(C3=CCN(S(=O)(=O)C(C)C)CC3)c3c(c2)c(-c2nnc(C(F)F)s2)nn3CC(N)=O)CC1. The summed E-state index contributed by atoms with van der Waals surface area (Å²) in [5, 5.41) is 10.9. The molecule has 1 amide bonds. The van der Waals surface area contributed by atoms with E-state index in [0.717, 1.165) is 0 Å². The van der Waals surface area contributed by atoms with Crippen molar-refractivity contribution in [2.24, 2.45) is 5.73 Å². The van der Waals surface area contributed by atoms with Crippen LogP contribution in [-0.2, 0) is 37.9 Å². The highest BCUT2D eigenvalue weighted by Crippen LogP contribution is 2.48. The number of halogens is 2. The summed E-state index contributed by atoms with van der Waals surface area (Å²) in [6.45, 7) is 10.6. The Balaban J connectivity index is 1.58. The summed E-state index contributed by atoms with van der Waals surface area (Å²) >= 11 is 0.568. The molecule has 0 atom stereocenters. The maximum absolute atomic E-state index is 14.8. The number of carbonyl (C=O) groups is 1. The fourth-order valence-corrected chi connectivity index (χ4v) is 9.66. The van der Waals surface area contributed by atoms with Crippen LogP contribution >= 0.6 is 11.3 Å². The smallest absolute Gasteiger partial charge is 0.302 e. The number of nitrogens with two attached hydrogens (primary N) is 1. The fourth-order valence-electron chi connectivity index (χ4n) is 5.96. The van der Waals surface area contributed by atoms with Gasteiger partial charge in [-0.25, -0.2) is 32.2 Å². The van der Waals surface area contributed by atoms with Crippen molar-refractivity contribution in [2.45, 2.75) is 68.4 Å². The number of alkyl halides is 2. The van der Waals surface area contributed by atoms with E-state index >= 15 is 0 Å². The number of sulfonamides is 2. The number of primary amides is 1. The molecule has 51 heavy (non-hydrogen) atoms. The minimum absolute atomic E-state index is 0.00221. The first-order valence-electron chi connectivity index (χ1n) is 15.8. The number of benzene rings is 2. The number of hydrogen-bond donors (Lipinski definition) is 1. The summed E-state index contributed by atoms with van der Waals surface area (Å²) < 4.78 is 91.7. The van der Waals surface area contributed by atoms with Gasteiger partial charge in [0.25, 0.3) is 6.43 Å². The fraction of sp³-hybridized carbons (Fsp3) is 0.406. The van der Waals surface area contributed by atoms with Gasteiger partial charge in [-0.2, -0.15) is 9.40 Å². The predicted molar refractivity (Wildman–Crippen MR) is 185 cm³/mol. The average molecular weight is 761 g/mol. The maximum Gasteiger partial charge on any atom is 0.302 e. The van der Waals surface area contributed by atoms with Crippen LogP contribution in [0, 0.1) is 6.57 Å². The molecule has 1 saturated carbocycles. The van der Waals surface area contributed by atoms with Crippen LogP contribution in [0.3, 0.4) is 0 Å². The van der Waals surface area contributed by atoms with Gasteiger partial charge in [-0.05, 0) is 55.7 Å². The Labute approximate surface area is 297 Å². The van der Waals surface area contributed by atoms with Crippen LogP contribution in [0.15, 0.2) is 47.4 Å². The monoisotopic (exact) mass is 760 g/mol. The first-order chi connectivity index (χ1) is 24.1. The molecular formula is C32H34F2N8O6S3. The van der Waals surface area contributed by atoms with Crippen molar-refractivity contribution in [1.29, 1.82) is 0 Å². The lowest BCUT2D eigenvalue weighted by Gasteiger charge is -2.28. The molecule has 2 N–H and O–H groups in total. The Morgan fingerprint density at radius 2 is 1.86 bits per heavy atom. The van der Waals surface area contributed by atoms with Crippen LogP contribution < -0.4 is 10.5 Å². The summed E-state index contributed by atoms with van der Waals surface area (Å²) in [5.74, 6) is -0.202. The molecule has 0 bridgehead atoms. The van der Waals surface area contributed by atoms with Crippen LogP contribution in [-0.4, -0.2) is 82.4 Å². The van der Waals surface area contributed by atoms with E-state index in [0.29, 0.717) is 46.6 Å². The Morgan fingerprint density at radius 3 is 2.39 bits per heavy atom. The zero-order chi connectivity index (χ0) is 36.9. The van der Waals surface area contributed by atoms with Crippen molar-refractivity contribution in [3.8, 4) is 16.5 Å². The van der Waals surface area contributed by atoms with Gasteiger partial charge in [0.15, 0.2) is 10.0 Å². The van der Waals surface area contributed by atoms with Crippen LogP contribution in [0.5, 0.6) is 5.75 Å². The van der Waals surface area contributed by atoms with E-state index in [1.165, 1.54) is 32.5 Å². The summed E-state index contributed by atoms with van der Waals surface area (Å²) in [5.41, 5.74) is 6.04. The van der Waals surface area contributed by atoms with Crippen molar-refractivity contribution < 1.29 is 35.1 Å². The van der Waals surface area contributed by atoms with Crippen molar-refractivity contribution >= 4 is 53.8 Å². The number of nitrogens with zero attached hydrogens (tertiary/aromatic N) is 7. The van der Waals surface area contributed by atoms with Gasteiger partial charge in [-0.3, -0.25) is 14.3 Å². The highest BCUT2D eigenvalue weighted by molar-refractivity contribution is 7.89. The molecule has 0 saturated heterocycles. The molecule has 6 rings (SSSR count). The molecule has 2 aliphatic rings. The number of aromatic nitrogens is 4. The van der Waals surface area contributed by atoms with Gasteiger partial charge < -0.3 is 10.5 Å². The zero-order valence-corrected chi connectivity index (χ0v) is 30.2. The number of hydrogen-bond acceptors (Lipinski definition) is 10. The van der Waals surface area contributed by atoms with Crippen LogP contribution in [0.4, 0.5) is 8.78 Å². The van der Waals surface area contributed by atoms with Gasteiger partial charge in [-0.15, -0.1) is 14.5 Å². The first kappa shape index (κ1) is 36.4. The second-order valence-corrected chi connectivity index (χ2v) is 17.8. The van der Waals surface area contributed by atoms with E-state index in [1.54, 1.807) is 44.2 Å². The van der Waals surface area contributed by atoms with Gasteiger partial charge in [0.05, 0.1) is 35.6 Å². The van der Waals surface area contributed by atoms with Gasteiger partial charge in [0.1, 0.15) is 18.0 Å². The molecule has 0 spiro atoms. The third-order valence-electron chi connectivity index (χ3n) is 8.87. The minimum Gasteiger partial charge on any atom is -0.497 e. The Bertz CT molecular complexity index is 2290. The van der Waals surface area contributed by atoms with Crippen molar-refractivity contribution in [2.75, 3.05) is 20.2 Å². The lowest BCUT2D eigenvalue weighted by molar-refractivity contribution is -0.118. The van der Waals surface area contributed by atoms with Gasteiger partial charge in [0.2, 0.25) is 26.0 Å². The van der Waals surface area contributed by atoms with Crippen molar-refractivity contribution in [3.05, 3.63) is 70.0 Å². The number of fused-ring (bicyclic) bond motifs is 1. The normalized spacial score (nSPS) is 16.5. The van der Waals surface area contributed by atoms with Gasteiger partial charge in [0, 0.05) is 30.6 Å². The van der Waals surface area contributed by atoms with Crippen LogP contribution in [0.1, 0.15) is 55.7 Å². The quantitative estimate of drug-likeness (QED) is 0.194. The lowest BCUT2D eigenvalue weighted by atomic mass is 9.97. The lowest BCUT2D eigenvalue weighted by Crippen LogP contribution is -2.40. The van der Waals surface area contributed by atoms with Crippen molar-refractivity contribution in [1.82, 2.24) is 28.6 Å². The molecule has 19 heteroatoms. The van der Waals surface area contributed by atoms with E-state index in [9.17, 15) is 30.4 Å². The largest absolute Gasteiger partial charge is 0.497 e. The van der Waals surface area contributed by atoms with Gasteiger partial charge in [-0.1, -0.05) is 29.5 Å². The van der Waals surface area contributed by atoms with E-state index in [4.69, 9.17) is 17.0 Å². The first-order valence-corrected chi connectivity index (χ1v) is 19.5. The number of ether oxygens (including phenoxy) is 1. The van der Waals surface area contributed by atoms with E-state index in [-0.39, 0.29) is 52.6 Å². The Morgan fingerprint density at radius 1 is 1.16 bits per heavy atom. The third kappa shape index (κ3) is 6.85. The second-order valence-electron chi connectivity index (χ2n) is 12.5. The Hall–Kier alpha value is -4.35. The second kappa shape index (κ2) is 13.7. The molecule has 1 aliphatic carbocycles. The molecule has 1 fully saturated rings. The van der Waals surface area contributed by atoms with E-state index in [1.807, 2.05) is 0 Å². The van der Waals surface area contributed by atoms with Gasteiger partial charge >= 0.3 is 5.66 Å². The summed E-state index contributed by atoms with van der Waals surface area (Å²) in [6.07, 6.45) is -0.442. The van der Waals surface area contributed by atoms with Crippen LogP contribution in [0.2, 0.25) is 0 Å². The van der Waals surface area contributed by atoms with Crippen LogP contribution in [0.25, 0.3) is 32.0 Å². The highest BCUT2D eigenvalue weighted by Gasteiger charge is 2.61. The molecule has 2 aromatic carbocycles. The summed E-state index contributed by atoms with van der Waals surface area (Å²) in [7, 11) is -6.56. The van der Waals surface area contributed by atoms with E-state index in [2.05, 4.69) is 20.1 Å². The number of carbonyl (C=O) groups excluding carboxylic acids is 1. The number of amides is 1. The average Bonchev–Trinajstić information content (AvgIpc) is 3.57. The third-order valence-corrected chi connectivity index (χ3v) is 13.9. The molecule has 14 nitrogen and oxygen atoms in total. The molecule has 2 aromatic heterocycles. The summed E-state index contributed by atoms with van der Waals surface area (Å²) in [6, 6.07) is 9.55. The highest BCUT2D eigenvalue weighted by atomic mass is 32.2. The molecule has 0 radical (unpaired) electrons. The minimum atomic E-state index is -4.47. The molecular weight excluding hydrogens is 727 g/mol. The zero-order valence-electron chi connectivity index (χ0n) is 27.8. The standard InChI is InChI=1S/C32H34F2N8O6S3/c1-19(2)50(44,45)40-13-9-21(10-14-40)24-15-23(51(46,47)42(32(36-3)11-12-32)17-20-5-7-22(48-4)8-6-20)16-25-27(30-37-38-31(49-30)29(33)34)39-41(28(24)25)18-26(35)43/h5-9,15-16,19,29H,10-14,17-18H2,1-2,4H3,(H2,35,43). The summed E-state index contributed by atoms with van der Waals surface area (Å²) in [4.78, 5) is 15.8. The molecule has 270 valence electrons. The predicted octanol–water partition coefficient (Wildman–Crippen LogP) is 4.41. The van der Waals surface area contributed by atoms with E-state index < -0.39 is 54.8 Å². The molecule has 4 aromatic rings. The Kier molecular flexibility index (Phi) is 9.75. The number of methoxy groups -OCH3 is 1.